The minimum atomic E-state index is -3.85. The Hall–Kier alpha value is -1.41. The van der Waals surface area contributed by atoms with Crippen LogP contribution in [0.1, 0.15) is 6.42 Å². The largest absolute Gasteiger partial charge is 0.345 e. The third kappa shape index (κ3) is 2.39. The number of likely N-dealkylation sites (tertiary alicyclic amines) is 1. The molecular weight excluding hydrogens is 276 g/mol. The predicted molar refractivity (Wildman–Crippen MR) is 65.4 cm³/mol. The molecule has 0 bridgehead atoms. The van der Waals surface area contributed by atoms with Gasteiger partial charge in [-0.05, 0) is 17.9 Å². The molecule has 0 spiro atoms. The fourth-order valence-electron chi connectivity index (χ4n) is 1.74. The summed E-state index contributed by atoms with van der Waals surface area (Å²) in [6.07, 6.45) is 0.348. The van der Waals surface area contributed by atoms with Crippen molar-refractivity contribution in [2.24, 2.45) is 5.92 Å². The standard InChI is InChI=1S/C10H12N2O4S2/c1-12-5-4-7(10(12)14)9(13)11-18(15,16)8-3-2-6-17-8/h2-3,6-7H,4-5H2,1H3,(H,11,13). The van der Waals surface area contributed by atoms with Gasteiger partial charge in [0.15, 0.2) is 0 Å². The monoisotopic (exact) mass is 288 g/mol. The molecule has 1 aliphatic heterocycles. The first-order valence-corrected chi connectivity index (χ1v) is 7.63. The van der Waals surface area contributed by atoms with Crippen LogP contribution in [0.5, 0.6) is 0 Å². The molecule has 1 aromatic rings. The van der Waals surface area contributed by atoms with Crippen LogP contribution in [0.15, 0.2) is 21.7 Å². The summed E-state index contributed by atoms with van der Waals surface area (Å²) >= 11 is 1.02. The minimum Gasteiger partial charge on any atom is -0.345 e. The molecule has 2 heterocycles. The highest BCUT2D eigenvalue weighted by Gasteiger charge is 2.36. The molecule has 98 valence electrons. The van der Waals surface area contributed by atoms with E-state index in [1.54, 1.807) is 18.5 Å². The summed E-state index contributed by atoms with van der Waals surface area (Å²) in [4.78, 5) is 24.8. The van der Waals surface area contributed by atoms with Gasteiger partial charge < -0.3 is 4.90 Å². The molecule has 0 aliphatic carbocycles. The van der Waals surface area contributed by atoms with Crippen LogP contribution < -0.4 is 4.72 Å². The topological polar surface area (TPSA) is 83.6 Å². The van der Waals surface area contributed by atoms with Crippen LogP contribution in [-0.4, -0.2) is 38.7 Å². The van der Waals surface area contributed by atoms with Crippen molar-refractivity contribution < 1.29 is 18.0 Å². The summed E-state index contributed by atoms with van der Waals surface area (Å²) < 4.78 is 25.6. The van der Waals surface area contributed by atoms with Gasteiger partial charge in [0.05, 0.1) is 0 Å². The van der Waals surface area contributed by atoms with Gasteiger partial charge in [0, 0.05) is 13.6 Å². The number of thiophene rings is 1. The molecule has 0 radical (unpaired) electrons. The second-order valence-corrected chi connectivity index (χ2v) is 6.86. The average Bonchev–Trinajstić information content (AvgIpc) is 2.90. The molecule has 1 N–H and O–H groups in total. The molecule has 2 amide bonds. The van der Waals surface area contributed by atoms with Gasteiger partial charge in [-0.2, -0.15) is 0 Å². The molecule has 1 saturated heterocycles. The maximum absolute atomic E-state index is 11.8. The lowest BCUT2D eigenvalue weighted by molar-refractivity contribution is -0.136. The number of amides is 2. The second kappa shape index (κ2) is 4.69. The normalized spacial score (nSPS) is 20.2. The van der Waals surface area contributed by atoms with Gasteiger partial charge in [0.2, 0.25) is 11.8 Å². The van der Waals surface area contributed by atoms with Crippen LogP contribution in [0.25, 0.3) is 0 Å². The van der Waals surface area contributed by atoms with Crippen molar-refractivity contribution in [1.82, 2.24) is 9.62 Å². The molecule has 0 aromatic carbocycles. The SMILES string of the molecule is CN1CCC(C(=O)NS(=O)(=O)c2cccs2)C1=O. The van der Waals surface area contributed by atoms with Gasteiger partial charge in [-0.15, -0.1) is 11.3 Å². The first-order chi connectivity index (χ1) is 8.42. The van der Waals surface area contributed by atoms with Crippen LogP contribution >= 0.6 is 11.3 Å². The Kier molecular flexibility index (Phi) is 3.40. The van der Waals surface area contributed by atoms with E-state index in [2.05, 4.69) is 0 Å². The number of nitrogens with zero attached hydrogens (tertiary/aromatic N) is 1. The third-order valence-corrected chi connectivity index (χ3v) is 5.48. The maximum Gasteiger partial charge on any atom is 0.273 e. The van der Waals surface area contributed by atoms with E-state index in [0.29, 0.717) is 13.0 Å². The van der Waals surface area contributed by atoms with Crippen molar-refractivity contribution in [2.75, 3.05) is 13.6 Å². The number of nitrogens with one attached hydrogen (secondary N) is 1. The van der Waals surface area contributed by atoms with Crippen LogP contribution in [-0.2, 0) is 19.6 Å². The molecule has 1 aliphatic rings. The number of carbonyl (C=O) groups excluding carboxylic acids is 2. The number of hydrogen-bond acceptors (Lipinski definition) is 5. The molecule has 1 aromatic heterocycles. The van der Waals surface area contributed by atoms with Crippen molar-refractivity contribution in [3.63, 3.8) is 0 Å². The lowest BCUT2D eigenvalue weighted by Crippen LogP contribution is -2.38. The van der Waals surface area contributed by atoms with Crippen LogP contribution in [0, 0.1) is 5.92 Å². The molecule has 1 atom stereocenters. The fraction of sp³-hybridized carbons (Fsp3) is 0.400. The van der Waals surface area contributed by atoms with Gasteiger partial charge in [0.25, 0.3) is 10.0 Å². The average molecular weight is 288 g/mol. The van der Waals surface area contributed by atoms with E-state index in [-0.39, 0.29) is 10.1 Å². The van der Waals surface area contributed by atoms with E-state index in [1.807, 2.05) is 4.72 Å². The highest BCUT2D eigenvalue weighted by Crippen LogP contribution is 2.19. The van der Waals surface area contributed by atoms with E-state index < -0.39 is 21.8 Å². The van der Waals surface area contributed by atoms with Crippen LogP contribution in [0.3, 0.4) is 0 Å². The molecule has 8 heteroatoms. The fourth-order valence-corrected chi connectivity index (χ4v) is 3.75. The summed E-state index contributed by atoms with van der Waals surface area (Å²) in [7, 11) is -2.26. The summed E-state index contributed by atoms with van der Waals surface area (Å²) in [6, 6.07) is 2.99. The minimum absolute atomic E-state index is 0.0645. The van der Waals surface area contributed by atoms with Gasteiger partial charge in [-0.1, -0.05) is 6.07 Å². The number of rotatable bonds is 3. The predicted octanol–water partition coefficient (Wildman–Crippen LogP) is 0.0313. The van der Waals surface area contributed by atoms with Crippen molar-refractivity contribution in [1.29, 1.82) is 0 Å². The Bertz CT molecular complexity index is 565. The molecule has 6 nitrogen and oxygen atoms in total. The quantitative estimate of drug-likeness (QED) is 0.795. The molecule has 1 unspecified atom stereocenters. The summed E-state index contributed by atoms with van der Waals surface area (Å²) in [5.74, 6) is -1.99. The molecule has 18 heavy (non-hydrogen) atoms. The summed E-state index contributed by atoms with van der Waals surface area (Å²) in [5, 5.41) is 1.60. The first kappa shape index (κ1) is 13.0. The number of carbonyl (C=O) groups is 2. The summed E-state index contributed by atoms with van der Waals surface area (Å²) in [5.41, 5.74) is 0. The maximum atomic E-state index is 11.8. The Balaban J connectivity index is 2.11. The zero-order valence-electron chi connectivity index (χ0n) is 9.62. The zero-order chi connectivity index (χ0) is 13.3. The van der Waals surface area contributed by atoms with E-state index in [1.165, 1.54) is 11.0 Å². The van der Waals surface area contributed by atoms with Crippen molar-refractivity contribution >= 4 is 33.2 Å². The summed E-state index contributed by atoms with van der Waals surface area (Å²) in [6.45, 7) is 0.468. The van der Waals surface area contributed by atoms with Gasteiger partial charge in [-0.25, -0.2) is 13.1 Å². The second-order valence-electron chi connectivity index (χ2n) is 4.00. The lowest BCUT2D eigenvalue weighted by atomic mass is 10.1. The Morgan fingerprint density at radius 3 is 2.78 bits per heavy atom. The van der Waals surface area contributed by atoms with Crippen molar-refractivity contribution in [3.05, 3.63) is 17.5 Å². The first-order valence-electron chi connectivity index (χ1n) is 5.27. The molecule has 2 rings (SSSR count). The molecule has 1 fully saturated rings. The molecule has 0 saturated carbocycles. The Labute approximate surface area is 109 Å². The highest BCUT2D eigenvalue weighted by atomic mass is 32.2. The van der Waals surface area contributed by atoms with Crippen LogP contribution in [0.4, 0.5) is 0 Å². The van der Waals surface area contributed by atoms with Gasteiger partial charge in [0.1, 0.15) is 10.1 Å². The Morgan fingerprint density at radius 1 is 1.56 bits per heavy atom. The van der Waals surface area contributed by atoms with Crippen LogP contribution in [0.2, 0.25) is 0 Å². The van der Waals surface area contributed by atoms with E-state index >= 15 is 0 Å². The van der Waals surface area contributed by atoms with E-state index in [0.717, 1.165) is 11.3 Å². The molecular formula is C10H12N2O4S2. The Morgan fingerprint density at radius 2 is 2.28 bits per heavy atom. The van der Waals surface area contributed by atoms with Crippen molar-refractivity contribution in [3.8, 4) is 0 Å². The van der Waals surface area contributed by atoms with Crippen molar-refractivity contribution in [2.45, 2.75) is 10.6 Å². The van der Waals surface area contributed by atoms with Gasteiger partial charge >= 0.3 is 0 Å². The van der Waals surface area contributed by atoms with E-state index in [9.17, 15) is 18.0 Å². The van der Waals surface area contributed by atoms with E-state index in [4.69, 9.17) is 0 Å². The van der Waals surface area contributed by atoms with Gasteiger partial charge in [-0.3, -0.25) is 9.59 Å². The number of hydrogen-bond donors (Lipinski definition) is 1. The lowest BCUT2D eigenvalue weighted by Gasteiger charge is -2.10. The third-order valence-electron chi connectivity index (χ3n) is 2.74. The smallest absolute Gasteiger partial charge is 0.273 e. The zero-order valence-corrected chi connectivity index (χ0v) is 11.3. The highest BCUT2D eigenvalue weighted by molar-refractivity contribution is 7.92. The number of sulfonamides is 1.